The summed E-state index contributed by atoms with van der Waals surface area (Å²) < 4.78 is 0. The first kappa shape index (κ1) is 8.43. The van der Waals surface area contributed by atoms with Gasteiger partial charge in [0.05, 0.1) is 13.0 Å². The molecule has 0 amide bonds. The second-order valence-corrected chi connectivity index (χ2v) is 4.57. The molecule has 5 heteroatoms. The maximum atomic E-state index is 7.19. The van der Waals surface area contributed by atoms with Crippen LogP contribution in [0.4, 0.5) is 0 Å². The Morgan fingerprint density at radius 1 is 1.00 bits per heavy atom. The van der Waals surface area contributed by atoms with Crippen LogP contribution in [0.15, 0.2) is 24.3 Å². The SMILES string of the molecule is N=C1C=CC(=P(N)(N)N)C=C1. The van der Waals surface area contributed by atoms with Gasteiger partial charge < -0.3 is 5.41 Å². The second kappa shape index (κ2) is 2.75. The zero-order chi connectivity index (χ0) is 8.48. The van der Waals surface area contributed by atoms with Crippen LogP contribution in [-0.2, 0) is 0 Å². The van der Waals surface area contributed by atoms with Crippen LogP contribution in [0.5, 0.6) is 0 Å². The topological polar surface area (TPSA) is 102 Å². The first-order valence-electron chi connectivity index (χ1n) is 3.07. The molecular formula is C6H11N4P. The fourth-order valence-corrected chi connectivity index (χ4v) is 1.39. The van der Waals surface area contributed by atoms with Crippen LogP contribution < -0.4 is 16.5 Å². The molecule has 0 radical (unpaired) electrons. The van der Waals surface area contributed by atoms with Gasteiger partial charge in [0, 0.05) is 5.29 Å². The minimum atomic E-state index is -2.37. The highest BCUT2D eigenvalue weighted by Crippen LogP contribution is 2.20. The van der Waals surface area contributed by atoms with Crippen molar-refractivity contribution < 1.29 is 0 Å². The van der Waals surface area contributed by atoms with Gasteiger partial charge in [-0.1, -0.05) is 0 Å². The van der Waals surface area contributed by atoms with Gasteiger partial charge in [-0.15, -0.1) is 0 Å². The standard InChI is InChI=1S/C6H11N4P/c7-5-1-3-6(4-2-5)11(8,9)10/h1-4,7H,8-10H2. The van der Waals surface area contributed by atoms with E-state index >= 15 is 0 Å². The molecule has 60 valence electrons. The zero-order valence-electron chi connectivity index (χ0n) is 5.99. The Labute approximate surface area is 65.4 Å². The van der Waals surface area contributed by atoms with Crippen LogP contribution >= 0.6 is 7.34 Å². The van der Waals surface area contributed by atoms with Gasteiger partial charge in [0.2, 0.25) is 0 Å². The van der Waals surface area contributed by atoms with Crippen molar-refractivity contribution in [2.24, 2.45) is 16.5 Å². The molecule has 4 nitrogen and oxygen atoms in total. The smallest absolute Gasteiger partial charge is 0.0728 e. The molecule has 0 aromatic rings. The number of nitrogens with two attached hydrogens (primary N) is 3. The van der Waals surface area contributed by atoms with Crippen molar-refractivity contribution in [3.8, 4) is 0 Å². The average Bonchev–Trinajstić information content (AvgIpc) is 1.86. The molecule has 0 saturated heterocycles. The molecule has 0 bridgehead atoms. The summed E-state index contributed by atoms with van der Waals surface area (Å²) in [4.78, 5) is 0. The van der Waals surface area contributed by atoms with Crippen molar-refractivity contribution in [2.45, 2.75) is 0 Å². The van der Waals surface area contributed by atoms with Crippen LogP contribution in [0, 0.1) is 5.41 Å². The van der Waals surface area contributed by atoms with Gasteiger partial charge >= 0.3 is 0 Å². The second-order valence-electron chi connectivity index (χ2n) is 2.38. The molecule has 0 heterocycles. The number of allylic oxidation sites excluding steroid dienone is 4. The highest BCUT2D eigenvalue weighted by atomic mass is 31.2. The lowest BCUT2D eigenvalue weighted by molar-refractivity contribution is 1.53. The van der Waals surface area contributed by atoms with Gasteiger partial charge in [-0.05, 0) is 24.3 Å². The van der Waals surface area contributed by atoms with Crippen LogP contribution in [0.3, 0.4) is 0 Å². The fraction of sp³-hybridized carbons (Fsp3) is 0. The van der Waals surface area contributed by atoms with Crippen LogP contribution in [0.1, 0.15) is 0 Å². The number of hydrogen-bond acceptors (Lipinski definition) is 4. The van der Waals surface area contributed by atoms with Gasteiger partial charge in [0.25, 0.3) is 0 Å². The van der Waals surface area contributed by atoms with Crippen molar-refractivity contribution in [3.05, 3.63) is 24.3 Å². The van der Waals surface area contributed by atoms with Gasteiger partial charge in [-0.2, -0.15) is 0 Å². The summed E-state index contributed by atoms with van der Waals surface area (Å²) >= 11 is 0. The Kier molecular flexibility index (Phi) is 2.11. The van der Waals surface area contributed by atoms with Crippen LogP contribution in [0.25, 0.3) is 0 Å². The Hall–Kier alpha value is -0.670. The Balaban J connectivity index is 3.08. The summed E-state index contributed by atoms with van der Waals surface area (Å²) in [5.74, 6) is 0. The average molecular weight is 170 g/mol. The fourth-order valence-electron chi connectivity index (χ4n) is 0.720. The predicted octanol–water partition coefficient (Wildman–Crippen LogP) is -0.0567. The maximum Gasteiger partial charge on any atom is 0.0728 e. The Morgan fingerprint density at radius 2 is 1.45 bits per heavy atom. The van der Waals surface area contributed by atoms with Gasteiger partial charge in [-0.25, -0.2) is 0 Å². The van der Waals surface area contributed by atoms with E-state index in [9.17, 15) is 0 Å². The van der Waals surface area contributed by atoms with E-state index in [4.69, 9.17) is 21.9 Å². The quantitative estimate of drug-likeness (QED) is 0.383. The van der Waals surface area contributed by atoms with Gasteiger partial charge in [0.1, 0.15) is 0 Å². The highest BCUT2D eigenvalue weighted by Gasteiger charge is 2.04. The molecule has 11 heavy (non-hydrogen) atoms. The van der Waals surface area contributed by atoms with Crippen molar-refractivity contribution in [2.75, 3.05) is 0 Å². The summed E-state index contributed by atoms with van der Waals surface area (Å²) in [6, 6.07) is 0. The van der Waals surface area contributed by atoms with E-state index in [0.29, 0.717) is 5.71 Å². The van der Waals surface area contributed by atoms with E-state index < -0.39 is 7.34 Å². The zero-order valence-corrected chi connectivity index (χ0v) is 6.88. The monoisotopic (exact) mass is 170 g/mol. The molecule has 0 fully saturated rings. The summed E-state index contributed by atoms with van der Waals surface area (Å²) in [5, 5.41) is 7.92. The van der Waals surface area contributed by atoms with E-state index in [1.165, 1.54) is 0 Å². The molecular weight excluding hydrogens is 159 g/mol. The molecule has 0 aromatic carbocycles. The van der Waals surface area contributed by atoms with E-state index in [1.807, 2.05) is 0 Å². The Bertz CT molecular complexity index is 267. The molecule has 0 aliphatic heterocycles. The lowest BCUT2D eigenvalue weighted by atomic mass is 10.2. The molecule has 7 N–H and O–H groups in total. The van der Waals surface area contributed by atoms with Gasteiger partial charge in [0.15, 0.2) is 0 Å². The van der Waals surface area contributed by atoms with Crippen molar-refractivity contribution in [1.82, 2.24) is 0 Å². The first-order chi connectivity index (χ1) is 5.00. The van der Waals surface area contributed by atoms with E-state index in [0.717, 1.165) is 5.29 Å². The van der Waals surface area contributed by atoms with Crippen molar-refractivity contribution in [3.63, 3.8) is 0 Å². The van der Waals surface area contributed by atoms with E-state index in [1.54, 1.807) is 24.3 Å². The van der Waals surface area contributed by atoms with E-state index in [2.05, 4.69) is 0 Å². The summed E-state index contributed by atoms with van der Waals surface area (Å²) in [7, 11) is -2.37. The molecule has 1 aliphatic carbocycles. The molecule has 1 aliphatic rings. The number of rotatable bonds is 0. The summed E-state index contributed by atoms with van der Waals surface area (Å²) in [6.45, 7) is 0. The summed E-state index contributed by atoms with van der Waals surface area (Å²) in [6.07, 6.45) is 6.62. The maximum absolute atomic E-state index is 7.19. The number of nitrogens with one attached hydrogen (secondary N) is 1. The first-order valence-corrected chi connectivity index (χ1v) is 5.07. The van der Waals surface area contributed by atoms with Crippen LogP contribution in [-0.4, -0.2) is 11.0 Å². The van der Waals surface area contributed by atoms with Crippen molar-refractivity contribution >= 4 is 18.3 Å². The third-order valence-corrected chi connectivity index (χ3v) is 2.51. The molecule has 0 aromatic heterocycles. The lowest BCUT2D eigenvalue weighted by Gasteiger charge is -2.12. The molecule has 0 atom stereocenters. The van der Waals surface area contributed by atoms with Crippen LogP contribution in [0.2, 0.25) is 0 Å². The molecule has 0 spiro atoms. The third-order valence-electron chi connectivity index (χ3n) is 1.31. The predicted molar refractivity (Wildman–Crippen MR) is 50.5 cm³/mol. The minimum Gasteiger partial charge on any atom is -0.301 e. The minimum absolute atomic E-state index is 0.433. The highest BCUT2D eigenvalue weighted by molar-refractivity contribution is 7.70. The largest absolute Gasteiger partial charge is 0.301 e. The summed E-state index contributed by atoms with van der Waals surface area (Å²) in [5.41, 5.74) is 17.0. The van der Waals surface area contributed by atoms with Crippen molar-refractivity contribution in [1.29, 1.82) is 5.41 Å². The van der Waals surface area contributed by atoms with Gasteiger partial charge in [-0.3, -0.25) is 16.5 Å². The number of hydrogen-bond donors (Lipinski definition) is 4. The molecule has 1 rings (SSSR count). The molecule has 0 saturated carbocycles. The lowest BCUT2D eigenvalue weighted by Crippen LogP contribution is -2.21. The molecule has 0 unspecified atom stereocenters. The Morgan fingerprint density at radius 3 is 1.82 bits per heavy atom. The van der Waals surface area contributed by atoms with E-state index in [-0.39, 0.29) is 0 Å². The third kappa shape index (κ3) is 2.13. The normalized spacial score (nSPS) is 17.7.